The number of hydrogen-bond acceptors (Lipinski definition) is 4. The predicted molar refractivity (Wildman–Crippen MR) is 102 cm³/mol. The lowest BCUT2D eigenvalue weighted by Gasteiger charge is -2.11. The Hall–Kier alpha value is -2.30. The number of nitrogens with zero attached hydrogens (tertiary/aromatic N) is 1. The van der Waals surface area contributed by atoms with Crippen molar-refractivity contribution >= 4 is 64.0 Å². The number of nitrogens with one attached hydrogen (secondary N) is 2. The molecule has 0 heterocycles. The highest BCUT2D eigenvalue weighted by atomic mass is 35.5. The van der Waals surface area contributed by atoms with Crippen molar-refractivity contribution in [2.45, 2.75) is 0 Å². The van der Waals surface area contributed by atoms with Crippen molar-refractivity contribution in [3.8, 4) is 6.07 Å². The lowest BCUT2D eigenvalue weighted by Crippen LogP contribution is -2.46. The lowest BCUT2D eigenvalue weighted by molar-refractivity contribution is -0.123. The summed E-state index contributed by atoms with van der Waals surface area (Å²) in [7, 11) is 0. The smallest absolute Gasteiger partial charge is 0.269 e. The van der Waals surface area contributed by atoms with Gasteiger partial charge in [-0.15, -0.1) is 0 Å². The van der Waals surface area contributed by atoms with Crippen molar-refractivity contribution in [3.05, 3.63) is 67.6 Å². The molecule has 27 heavy (non-hydrogen) atoms. The molecule has 0 aromatic heterocycles. The van der Waals surface area contributed by atoms with Crippen molar-refractivity contribution in [1.82, 2.24) is 10.9 Å². The summed E-state index contributed by atoms with van der Waals surface area (Å²) in [6, 6.07) is 9.64. The van der Waals surface area contributed by atoms with E-state index < -0.39 is 23.5 Å². The molecule has 0 saturated carbocycles. The zero-order chi connectivity index (χ0) is 20.1. The second kappa shape index (κ2) is 9.07. The van der Waals surface area contributed by atoms with Crippen molar-refractivity contribution in [2.75, 3.05) is 0 Å². The second-order valence-corrected chi connectivity index (χ2v) is 6.76. The van der Waals surface area contributed by atoms with Gasteiger partial charge in [0.2, 0.25) is 0 Å². The molecule has 2 rings (SSSR count). The Morgan fingerprint density at radius 1 is 0.815 bits per heavy atom. The molecule has 0 saturated heterocycles. The van der Waals surface area contributed by atoms with Gasteiger partial charge in [0.25, 0.3) is 11.8 Å². The molecule has 1 atom stereocenters. The van der Waals surface area contributed by atoms with E-state index in [2.05, 4.69) is 5.43 Å². The fourth-order valence-electron chi connectivity index (χ4n) is 1.95. The van der Waals surface area contributed by atoms with Crippen LogP contribution in [-0.2, 0) is 4.79 Å². The molecular weight excluding hydrogens is 436 g/mol. The van der Waals surface area contributed by atoms with Crippen molar-refractivity contribution in [2.24, 2.45) is 5.92 Å². The van der Waals surface area contributed by atoms with Crippen LogP contribution in [0.4, 0.5) is 0 Å². The standard InChI is InChI=1S/C17H9Cl4N3O3/c18-11-3-1-8(5-13(11)20)15(25)10(7-22)17(27)24-23-16(26)9-2-4-12(19)14(21)6-9/h1-6,10H,(H,23,26)(H,24,27). The molecule has 2 aromatic rings. The second-order valence-electron chi connectivity index (χ2n) is 5.13. The largest absolute Gasteiger partial charge is 0.292 e. The first-order chi connectivity index (χ1) is 12.7. The maximum Gasteiger partial charge on any atom is 0.269 e. The molecule has 0 fully saturated rings. The van der Waals surface area contributed by atoms with Crippen molar-refractivity contribution in [1.29, 1.82) is 5.26 Å². The summed E-state index contributed by atoms with van der Waals surface area (Å²) in [6.45, 7) is 0. The third kappa shape index (κ3) is 5.12. The van der Waals surface area contributed by atoms with Gasteiger partial charge in [-0.1, -0.05) is 46.4 Å². The van der Waals surface area contributed by atoms with Gasteiger partial charge in [0, 0.05) is 11.1 Å². The number of hydrogen-bond donors (Lipinski definition) is 2. The summed E-state index contributed by atoms with van der Waals surface area (Å²) in [6.07, 6.45) is 0. The Labute approximate surface area is 173 Å². The van der Waals surface area contributed by atoms with Gasteiger partial charge in [-0.2, -0.15) is 5.26 Å². The number of carbonyl (C=O) groups excluding carboxylic acids is 3. The van der Waals surface area contributed by atoms with Crippen LogP contribution < -0.4 is 10.9 Å². The van der Waals surface area contributed by atoms with E-state index in [0.717, 1.165) is 0 Å². The number of rotatable bonds is 4. The zero-order valence-electron chi connectivity index (χ0n) is 13.2. The fraction of sp³-hybridized carbons (Fsp3) is 0.0588. The number of ketones is 1. The van der Waals surface area contributed by atoms with Crippen LogP contribution in [0.1, 0.15) is 20.7 Å². The SMILES string of the molecule is N#CC(C(=O)NNC(=O)c1ccc(Cl)c(Cl)c1)C(=O)c1ccc(Cl)c(Cl)c1. The quantitative estimate of drug-likeness (QED) is 0.421. The van der Waals surface area contributed by atoms with E-state index in [1.165, 1.54) is 36.4 Å². The first kappa shape index (κ1) is 21.0. The van der Waals surface area contributed by atoms with Gasteiger partial charge in [-0.05, 0) is 36.4 Å². The van der Waals surface area contributed by atoms with Gasteiger partial charge in [0.1, 0.15) is 0 Å². The highest BCUT2D eigenvalue weighted by Gasteiger charge is 2.28. The van der Waals surface area contributed by atoms with Gasteiger partial charge >= 0.3 is 0 Å². The zero-order valence-corrected chi connectivity index (χ0v) is 16.2. The Morgan fingerprint density at radius 2 is 1.33 bits per heavy atom. The maximum absolute atomic E-state index is 12.3. The molecule has 138 valence electrons. The number of nitriles is 1. The number of benzene rings is 2. The summed E-state index contributed by atoms with van der Waals surface area (Å²) in [5.41, 5.74) is 4.27. The average Bonchev–Trinajstić information content (AvgIpc) is 2.64. The molecule has 1 unspecified atom stereocenters. The number of halogens is 4. The topological polar surface area (TPSA) is 99.1 Å². The Balaban J connectivity index is 2.07. The molecule has 2 aromatic carbocycles. The van der Waals surface area contributed by atoms with Crippen LogP contribution in [0.5, 0.6) is 0 Å². The summed E-state index contributed by atoms with van der Waals surface area (Å²) >= 11 is 23.2. The Kier molecular flexibility index (Phi) is 7.05. The third-order valence-electron chi connectivity index (χ3n) is 3.34. The summed E-state index contributed by atoms with van der Waals surface area (Å²) in [5.74, 6) is -4.21. The van der Waals surface area contributed by atoms with Crippen LogP contribution in [0, 0.1) is 17.2 Å². The molecule has 0 radical (unpaired) electrons. The molecule has 10 heteroatoms. The van der Waals surface area contributed by atoms with Gasteiger partial charge < -0.3 is 0 Å². The minimum absolute atomic E-state index is 0.0295. The first-order valence-corrected chi connectivity index (χ1v) is 8.70. The molecule has 2 amide bonds. The van der Waals surface area contributed by atoms with Gasteiger partial charge in [-0.3, -0.25) is 25.2 Å². The van der Waals surface area contributed by atoms with E-state index in [1.54, 1.807) is 6.07 Å². The van der Waals surface area contributed by atoms with Crippen molar-refractivity contribution in [3.63, 3.8) is 0 Å². The summed E-state index contributed by atoms with van der Waals surface area (Å²) in [4.78, 5) is 36.5. The molecule has 2 N–H and O–H groups in total. The minimum atomic E-state index is -1.70. The minimum Gasteiger partial charge on any atom is -0.292 e. The number of hydrazine groups is 1. The van der Waals surface area contributed by atoms with Crippen LogP contribution in [0.25, 0.3) is 0 Å². The fourth-order valence-corrected chi connectivity index (χ4v) is 2.55. The maximum atomic E-state index is 12.3. The molecule has 0 aliphatic carbocycles. The molecule has 0 aliphatic heterocycles. The van der Waals surface area contributed by atoms with Crippen molar-refractivity contribution < 1.29 is 14.4 Å². The predicted octanol–water partition coefficient (Wildman–Crippen LogP) is 4.08. The van der Waals surface area contributed by atoms with Gasteiger partial charge in [0.15, 0.2) is 11.7 Å². The normalized spacial score (nSPS) is 11.2. The van der Waals surface area contributed by atoms with Gasteiger partial charge in [-0.25, -0.2) is 0 Å². The molecule has 0 bridgehead atoms. The van der Waals surface area contributed by atoms with E-state index in [9.17, 15) is 14.4 Å². The number of carbonyl (C=O) groups is 3. The number of amides is 2. The molecule has 0 aliphatic rings. The van der Waals surface area contributed by atoms with E-state index >= 15 is 0 Å². The summed E-state index contributed by atoms with van der Waals surface area (Å²) in [5, 5.41) is 9.90. The van der Waals surface area contributed by atoms with Crippen LogP contribution in [-0.4, -0.2) is 17.6 Å². The van der Waals surface area contributed by atoms with Crippen LogP contribution in [0.3, 0.4) is 0 Å². The van der Waals surface area contributed by atoms with Crippen LogP contribution in [0.2, 0.25) is 20.1 Å². The van der Waals surface area contributed by atoms with Gasteiger partial charge in [0.05, 0.1) is 26.2 Å². The van der Waals surface area contributed by atoms with E-state index in [4.69, 9.17) is 51.7 Å². The number of Topliss-reactive ketones (excluding diaryl/α,β-unsaturated/α-hetero) is 1. The first-order valence-electron chi connectivity index (χ1n) is 7.18. The van der Waals surface area contributed by atoms with Crippen LogP contribution in [0.15, 0.2) is 36.4 Å². The highest BCUT2D eigenvalue weighted by Crippen LogP contribution is 2.24. The van der Waals surface area contributed by atoms with Crippen LogP contribution >= 0.6 is 46.4 Å². The molecule has 0 spiro atoms. The van der Waals surface area contributed by atoms with E-state index in [0.29, 0.717) is 0 Å². The van der Waals surface area contributed by atoms with E-state index in [1.807, 2.05) is 5.43 Å². The monoisotopic (exact) mass is 443 g/mol. The summed E-state index contributed by atoms with van der Waals surface area (Å²) < 4.78 is 0. The lowest BCUT2D eigenvalue weighted by atomic mass is 9.98. The Morgan fingerprint density at radius 3 is 1.85 bits per heavy atom. The molecule has 6 nitrogen and oxygen atoms in total. The molecular formula is C17H9Cl4N3O3. The third-order valence-corrected chi connectivity index (χ3v) is 4.82. The average molecular weight is 445 g/mol. The van der Waals surface area contributed by atoms with E-state index in [-0.39, 0.29) is 31.2 Å². The Bertz CT molecular complexity index is 972. The highest BCUT2D eigenvalue weighted by molar-refractivity contribution is 6.42.